The highest BCUT2D eigenvalue weighted by Crippen LogP contribution is 2.28. The van der Waals surface area contributed by atoms with Crippen molar-refractivity contribution < 1.29 is 18.7 Å². The van der Waals surface area contributed by atoms with Gasteiger partial charge in [0.05, 0.1) is 12.4 Å². The first kappa shape index (κ1) is 20.5. The number of thiazole rings is 1. The highest BCUT2D eigenvalue weighted by atomic mass is 35.5. The van der Waals surface area contributed by atoms with E-state index in [0.717, 1.165) is 23.0 Å². The Morgan fingerprint density at radius 2 is 2.04 bits per heavy atom. The van der Waals surface area contributed by atoms with E-state index in [0.29, 0.717) is 15.9 Å². The van der Waals surface area contributed by atoms with Crippen LogP contribution in [0, 0.1) is 6.92 Å². The van der Waals surface area contributed by atoms with Crippen molar-refractivity contribution in [3.8, 4) is 11.5 Å². The van der Waals surface area contributed by atoms with Gasteiger partial charge < -0.3 is 9.15 Å². The Kier molecular flexibility index (Phi) is 6.82. The minimum atomic E-state index is -1.05. The molecule has 0 aliphatic rings. The molecule has 0 spiro atoms. The van der Waals surface area contributed by atoms with Crippen molar-refractivity contribution in [2.45, 2.75) is 25.0 Å². The van der Waals surface area contributed by atoms with Gasteiger partial charge in [0.1, 0.15) is 5.01 Å². The average Bonchev–Trinajstić information content (AvgIpc) is 3.30. The molecule has 0 radical (unpaired) electrons. The zero-order valence-corrected chi connectivity index (χ0v) is 17.4. The van der Waals surface area contributed by atoms with Crippen LogP contribution >= 0.6 is 34.7 Å². The van der Waals surface area contributed by atoms with Crippen molar-refractivity contribution in [2.75, 3.05) is 12.4 Å². The number of benzene rings is 1. The number of carbonyl (C=O) groups excluding carboxylic acids is 2. The Morgan fingerprint density at radius 1 is 1.29 bits per heavy atom. The number of carbonyl (C=O) groups is 2. The quantitative estimate of drug-likeness (QED) is 0.294. The smallest absolute Gasteiger partial charge is 0.323 e. The lowest BCUT2D eigenvalue weighted by atomic mass is 10.1. The van der Waals surface area contributed by atoms with Crippen LogP contribution in [0.15, 0.2) is 39.3 Å². The third-order valence-electron chi connectivity index (χ3n) is 3.56. The Balaban J connectivity index is 1.69. The van der Waals surface area contributed by atoms with Crippen molar-refractivity contribution in [1.29, 1.82) is 0 Å². The predicted molar refractivity (Wildman–Crippen MR) is 107 cm³/mol. The molecule has 0 fully saturated rings. The lowest BCUT2D eigenvalue weighted by molar-refractivity contribution is -0.147. The molecule has 0 saturated carbocycles. The highest BCUT2D eigenvalue weighted by Gasteiger charge is 2.32. The molecule has 0 unspecified atom stereocenters. The topological polar surface area (TPSA) is 95.2 Å². The van der Waals surface area contributed by atoms with Crippen LogP contribution in [0.1, 0.15) is 23.5 Å². The summed E-state index contributed by atoms with van der Waals surface area (Å²) in [6, 6.07) is 6.96. The lowest BCUT2D eigenvalue weighted by Gasteiger charge is -2.11. The first-order chi connectivity index (χ1) is 13.5. The number of ketones is 1. The van der Waals surface area contributed by atoms with E-state index in [1.807, 2.05) is 0 Å². The number of hydrogen-bond donors (Lipinski definition) is 0. The van der Waals surface area contributed by atoms with Crippen LogP contribution in [0.3, 0.4) is 0 Å². The number of aryl methyl sites for hydroxylation is 1. The SMILES string of the molecule is CCOC(=O)[C@H](C(=O)CSc1nnc(-c2ccc(Cl)cc2)o1)c1nc(C)cs1. The third kappa shape index (κ3) is 4.98. The molecule has 2 aromatic heterocycles. The lowest BCUT2D eigenvalue weighted by Crippen LogP contribution is -2.25. The number of nitrogens with zero attached hydrogens (tertiary/aromatic N) is 3. The van der Waals surface area contributed by atoms with Gasteiger partial charge in [-0.1, -0.05) is 23.4 Å². The number of halogens is 1. The summed E-state index contributed by atoms with van der Waals surface area (Å²) < 4.78 is 10.6. The van der Waals surface area contributed by atoms with Crippen molar-refractivity contribution in [1.82, 2.24) is 15.2 Å². The number of aromatic nitrogens is 3. The molecule has 0 N–H and O–H groups in total. The molecule has 3 rings (SSSR count). The van der Waals surface area contributed by atoms with Gasteiger partial charge in [0.25, 0.3) is 5.22 Å². The van der Waals surface area contributed by atoms with Crippen LogP contribution in [0.5, 0.6) is 0 Å². The molecule has 0 aliphatic heterocycles. The van der Waals surface area contributed by atoms with E-state index in [1.165, 1.54) is 11.3 Å². The maximum atomic E-state index is 12.7. The normalized spacial score (nSPS) is 12.0. The first-order valence-electron chi connectivity index (χ1n) is 8.31. The number of Topliss-reactive ketones (excluding diaryl/α,β-unsaturated/α-hetero) is 1. The van der Waals surface area contributed by atoms with E-state index < -0.39 is 11.9 Å². The molecule has 0 saturated heterocycles. The van der Waals surface area contributed by atoms with Gasteiger partial charge in [-0.25, -0.2) is 4.98 Å². The predicted octanol–water partition coefficient (Wildman–Crippen LogP) is 4.16. The highest BCUT2D eigenvalue weighted by molar-refractivity contribution is 7.99. The second-order valence-electron chi connectivity index (χ2n) is 5.65. The van der Waals surface area contributed by atoms with E-state index in [-0.39, 0.29) is 23.4 Å². The summed E-state index contributed by atoms with van der Waals surface area (Å²) in [7, 11) is 0. The molecule has 10 heteroatoms. The maximum absolute atomic E-state index is 12.7. The van der Waals surface area contributed by atoms with Gasteiger partial charge in [-0.2, -0.15) is 0 Å². The average molecular weight is 438 g/mol. The second-order valence-corrected chi connectivity index (χ2v) is 7.90. The number of ether oxygens (including phenoxy) is 1. The van der Waals surface area contributed by atoms with Crippen LogP contribution < -0.4 is 0 Å². The molecule has 0 amide bonds. The van der Waals surface area contributed by atoms with Gasteiger partial charge in [-0.05, 0) is 38.1 Å². The van der Waals surface area contributed by atoms with Gasteiger partial charge in [0.2, 0.25) is 5.89 Å². The van der Waals surface area contributed by atoms with Crippen LogP contribution in [0.4, 0.5) is 0 Å². The minimum Gasteiger partial charge on any atom is -0.465 e. The standard InChI is InChI=1S/C18H16ClN3O4S2/c1-3-25-17(24)14(16-20-10(2)8-27-16)13(23)9-28-18-22-21-15(26-18)11-4-6-12(19)7-5-11/h4-8,14H,3,9H2,1-2H3/t14-/m1/s1. The van der Waals surface area contributed by atoms with Gasteiger partial charge in [0.15, 0.2) is 11.7 Å². The van der Waals surface area contributed by atoms with Crippen molar-refractivity contribution >= 4 is 46.5 Å². The fourth-order valence-corrected chi connectivity index (χ4v) is 3.99. The van der Waals surface area contributed by atoms with Crippen LogP contribution in [-0.2, 0) is 14.3 Å². The number of rotatable bonds is 8. The zero-order chi connectivity index (χ0) is 20.1. The van der Waals surface area contributed by atoms with Gasteiger partial charge >= 0.3 is 5.97 Å². The first-order valence-corrected chi connectivity index (χ1v) is 10.6. The monoisotopic (exact) mass is 437 g/mol. The summed E-state index contributed by atoms with van der Waals surface area (Å²) in [5, 5.41) is 11.0. The summed E-state index contributed by atoms with van der Waals surface area (Å²) in [5.41, 5.74) is 1.47. The third-order valence-corrected chi connectivity index (χ3v) is 5.68. The Bertz CT molecular complexity index is 971. The molecule has 0 bridgehead atoms. The summed E-state index contributed by atoms with van der Waals surface area (Å²) in [6.07, 6.45) is 0. The summed E-state index contributed by atoms with van der Waals surface area (Å²) in [4.78, 5) is 29.2. The van der Waals surface area contributed by atoms with Gasteiger partial charge in [0, 0.05) is 21.7 Å². The van der Waals surface area contributed by atoms with E-state index in [9.17, 15) is 9.59 Å². The van der Waals surface area contributed by atoms with Crippen LogP contribution in [-0.4, -0.2) is 39.3 Å². The minimum absolute atomic E-state index is 0.0235. The van der Waals surface area contributed by atoms with Crippen molar-refractivity contribution in [3.05, 3.63) is 45.4 Å². The molecular weight excluding hydrogens is 422 g/mol. The van der Waals surface area contributed by atoms with E-state index in [2.05, 4.69) is 15.2 Å². The Morgan fingerprint density at radius 3 is 2.68 bits per heavy atom. The molecule has 146 valence electrons. The van der Waals surface area contributed by atoms with Crippen LogP contribution in [0.25, 0.3) is 11.5 Å². The van der Waals surface area contributed by atoms with Crippen molar-refractivity contribution in [2.24, 2.45) is 0 Å². The molecule has 1 aromatic carbocycles. The van der Waals surface area contributed by atoms with Crippen molar-refractivity contribution in [3.63, 3.8) is 0 Å². The zero-order valence-electron chi connectivity index (χ0n) is 15.0. The molecule has 7 nitrogen and oxygen atoms in total. The molecule has 1 atom stereocenters. The fourth-order valence-electron chi connectivity index (χ4n) is 2.29. The van der Waals surface area contributed by atoms with E-state index in [1.54, 1.807) is 43.5 Å². The molecule has 28 heavy (non-hydrogen) atoms. The fraction of sp³-hybridized carbons (Fsp3) is 0.278. The van der Waals surface area contributed by atoms with E-state index in [4.69, 9.17) is 20.8 Å². The second kappa shape index (κ2) is 9.31. The van der Waals surface area contributed by atoms with Crippen LogP contribution in [0.2, 0.25) is 5.02 Å². The number of esters is 1. The summed E-state index contributed by atoms with van der Waals surface area (Å²) >= 11 is 8.19. The number of thioether (sulfide) groups is 1. The Hall–Kier alpha value is -2.23. The Labute approximate surface area is 174 Å². The van der Waals surface area contributed by atoms with E-state index >= 15 is 0 Å². The maximum Gasteiger partial charge on any atom is 0.323 e. The largest absolute Gasteiger partial charge is 0.465 e. The summed E-state index contributed by atoms with van der Waals surface area (Å²) in [5.74, 6) is -1.68. The summed E-state index contributed by atoms with van der Waals surface area (Å²) in [6.45, 7) is 3.68. The molecule has 0 aliphatic carbocycles. The molecule has 2 heterocycles. The van der Waals surface area contributed by atoms with Gasteiger partial charge in [-0.15, -0.1) is 21.5 Å². The molecular formula is C18H16ClN3O4S2. The number of hydrogen-bond acceptors (Lipinski definition) is 9. The molecule has 3 aromatic rings. The van der Waals surface area contributed by atoms with Gasteiger partial charge in [-0.3, -0.25) is 9.59 Å².